The fraction of sp³-hybridized carbons (Fsp3) is 0.444. The van der Waals surface area contributed by atoms with Crippen LogP contribution >= 0.6 is 15.9 Å². The SMILES string of the molecule is O=S(=O)(Nc1ccncc1Br)N1CCOCC1. The number of nitrogens with one attached hydrogen (secondary N) is 1. The van der Waals surface area contributed by atoms with Gasteiger partial charge in [-0.15, -0.1) is 0 Å². The highest BCUT2D eigenvalue weighted by molar-refractivity contribution is 9.10. The highest BCUT2D eigenvalue weighted by atomic mass is 79.9. The molecule has 2 rings (SSSR count). The maximum absolute atomic E-state index is 12.0. The van der Waals surface area contributed by atoms with E-state index in [2.05, 4.69) is 25.6 Å². The molecule has 0 radical (unpaired) electrons. The standard InChI is InChI=1S/C9H12BrN3O3S/c10-8-7-11-2-1-9(8)12-17(14,15)13-3-5-16-6-4-13/h1-2,7H,3-6H2,(H,11,12). The molecule has 0 unspecified atom stereocenters. The molecule has 8 heteroatoms. The van der Waals surface area contributed by atoms with Gasteiger partial charge in [-0.3, -0.25) is 9.71 Å². The molecule has 17 heavy (non-hydrogen) atoms. The van der Waals surface area contributed by atoms with E-state index in [4.69, 9.17) is 4.74 Å². The van der Waals surface area contributed by atoms with Crippen molar-refractivity contribution >= 4 is 31.8 Å². The molecule has 0 saturated carbocycles. The lowest BCUT2D eigenvalue weighted by molar-refractivity contribution is 0.0733. The van der Waals surface area contributed by atoms with Crippen LogP contribution in [0.3, 0.4) is 0 Å². The van der Waals surface area contributed by atoms with Gasteiger partial charge in [0.1, 0.15) is 0 Å². The van der Waals surface area contributed by atoms with Gasteiger partial charge in [0.2, 0.25) is 0 Å². The highest BCUT2D eigenvalue weighted by Crippen LogP contribution is 2.22. The van der Waals surface area contributed by atoms with Crippen molar-refractivity contribution in [1.82, 2.24) is 9.29 Å². The Labute approximate surface area is 108 Å². The van der Waals surface area contributed by atoms with Gasteiger partial charge in [0.15, 0.2) is 0 Å². The molecule has 2 heterocycles. The molecule has 0 aromatic carbocycles. The Kier molecular flexibility index (Phi) is 3.97. The first kappa shape index (κ1) is 12.7. The second kappa shape index (κ2) is 5.30. The second-order valence-electron chi connectivity index (χ2n) is 3.47. The quantitative estimate of drug-likeness (QED) is 0.895. The van der Waals surface area contributed by atoms with Crippen molar-refractivity contribution in [2.24, 2.45) is 0 Å². The van der Waals surface area contributed by atoms with Crippen molar-refractivity contribution in [2.45, 2.75) is 0 Å². The van der Waals surface area contributed by atoms with Crippen LogP contribution in [-0.2, 0) is 14.9 Å². The van der Waals surface area contributed by atoms with Crippen LogP contribution in [0.15, 0.2) is 22.9 Å². The minimum absolute atomic E-state index is 0.373. The first-order valence-corrected chi connectivity index (χ1v) is 7.28. The van der Waals surface area contributed by atoms with E-state index in [1.165, 1.54) is 16.7 Å². The highest BCUT2D eigenvalue weighted by Gasteiger charge is 2.24. The van der Waals surface area contributed by atoms with Crippen molar-refractivity contribution in [3.8, 4) is 0 Å². The Hall–Kier alpha value is -0.700. The van der Waals surface area contributed by atoms with E-state index in [1.807, 2.05) is 0 Å². The lowest BCUT2D eigenvalue weighted by Gasteiger charge is -2.26. The summed E-state index contributed by atoms with van der Waals surface area (Å²) < 4.78 is 33.7. The van der Waals surface area contributed by atoms with Crippen molar-refractivity contribution < 1.29 is 13.2 Å². The number of hydrogen-bond donors (Lipinski definition) is 1. The zero-order valence-electron chi connectivity index (χ0n) is 8.97. The van der Waals surface area contributed by atoms with E-state index in [0.29, 0.717) is 36.5 Å². The van der Waals surface area contributed by atoms with Gasteiger partial charge in [0.25, 0.3) is 0 Å². The van der Waals surface area contributed by atoms with Crippen molar-refractivity contribution in [1.29, 1.82) is 0 Å². The summed E-state index contributed by atoms with van der Waals surface area (Å²) in [4.78, 5) is 3.87. The molecule has 1 saturated heterocycles. The van der Waals surface area contributed by atoms with Crippen LogP contribution < -0.4 is 4.72 Å². The average Bonchev–Trinajstić information content (AvgIpc) is 2.33. The van der Waals surface area contributed by atoms with Crippen LogP contribution in [0.25, 0.3) is 0 Å². The lowest BCUT2D eigenvalue weighted by atomic mass is 10.4. The number of halogens is 1. The minimum Gasteiger partial charge on any atom is -0.379 e. The van der Waals surface area contributed by atoms with Crippen LogP contribution in [0, 0.1) is 0 Å². The molecule has 6 nitrogen and oxygen atoms in total. The van der Waals surface area contributed by atoms with E-state index in [-0.39, 0.29) is 0 Å². The molecular weight excluding hydrogens is 310 g/mol. The average molecular weight is 322 g/mol. The fourth-order valence-corrected chi connectivity index (χ4v) is 3.14. The summed E-state index contributed by atoms with van der Waals surface area (Å²) in [6.07, 6.45) is 3.07. The second-order valence-corrected chi connectivity index (χ2v) is 6.00. The maximum atomic E-state index is 12.0. The van der Waals surface area contributed by atoms with Gasteiger partial charge in [-0.25, -0.2) is 0 Å². The minimum atomic E-state index is -3.51. The Morgan fingerprint density at radius 1 is 1.41 bits per heavy atom. The largest absolute Gasteiger partial charge is 0.379 e. The van der Waals surface area contributed by atoms with Crippen LogP contribution in [-0.4, -0.2) is 44.0 Å². The fourth-order valence-electron chi connectivity index (χ4n) is 1.45. The van der Waals surface area contributed by atoms with E-state index in [0.717, 1.165) is 0 Å². The van der Waals surface area contributed by atoms with Crippen molar-refractivity contribution in [3.63, 3.8) is 0 Å². The van der Waals surface area contributed by atoms with E-state index < -0.39 is 10.2 Å². The summed E-state index contributed by atoms with van der Waals surface area (Å²) in [5.41, 5.74) is 0.478. The van der Waals surface area contributed by atoms with Crippen molar-refractivity contribution in [2.75, 3.05) is 31.0 Å². The number of anilines is 1. The molecular formula is C9H12BrN3O3S. The van der Waals surface area contributed by atoms with E-state index in [1.54, 1.807) is 6.07 Å². The number of rotatable bonds is 3. The number of ether oxygens (including phenoxy) is 1. The molecule has 1 aliphatic rings. The van der Waals surface area contributed by atoms with Gasteiger partial charge in [-0.1, -0.05) is 0 Å². The smallest absolute Gasteiger partial charge is 0.301 e. The Morgan fingerprint density at radius 2 is 2.12 bits per heavy atom. The third-order valence-electron chi connectivity index (χ3n) is 2.32. The molecule has 0 aliphatic carbocycles. The van der Waals surface area contributed by atoms with Crippen LogP contribution in [0.2, 0.25) is 0 Å². The number of aromatic nitrogens is 1. The van der Waals surface area contributed by atoms with Gasteiger partial charge < -0.3 is 4.74 Å². The molecule has 1 aliphatic heterocycles. The molecule has 94 valence electrons. The molecule has 0 atom stereocenters. The third kappa shape index (κ3) is 3.15. The number of hydrogen-bond acceptors (Lipinski definition) is 4. The summed E-state index contributed by atoms with van der Waals surface area (Å²) in [7, 11) is -3.51. The Morgan fingerprint density at radius 3 is 2.76 bits per heavy atom. The van der Waals surface area contributed by atoms with Gasteiger partial charge in [-0.2, -0.15) is 12.7 Å². The molecule has 1 aromatic heterocycles. The normalized spacial score (nSPS) is 17.9. The summed E-state index contributed by atoms with van der Waals surface area (Å²) >= 11 is 3.24. The van der Waals surface area contributed by atoms with Gasteiger partial charge in [-0.05, 0) is 22.0 Å². The zero-order chi connectivity index (χ0) is 12.3. The summed E-state index contributed by atoms with van der Waals surface area (Å²) in [6, 6.07) is 1.60. The van der Waals surface area contributed by atoms with Gasteiger partial charge >= 0.3 is 10.2 Å². The number of morpholine rings is 1. The first-order chi connectivity index (χ1) is 8.09. The molecule has 1 aromatic rings. The topological polar surface area (TPSA) is 71.5 Å². The third-order valence-corrected chi connectivity index (χ3v) is 4.48. The Balaban J connectivity index is 2.14. The molecule has 0 amide bonds. The number of pyridine rings is 1. The zero-order valence-corrected chi connectivity index (χ0v) is 11.4. The predicted octanol–water partition coefficient (Wildman–Crippen LogP) is 0.833. The lowest BCUT2D eigenvalue weighted by Crippen LogP contribution is -2.43. The Bertz CT molecular complexity index is 488. The summed E-state index contributed by atoms with van der Waals surface area (Å²) in [5, 5.41) is 0. The number of nitrogens with zero attached hydrogens (tertiary/aromatic N) is 2. The summed E-state index contributed by atoms with van der Waals surface area (Å²) in [5.74, 6) is 0. The van der Waals surface area contributed by atoms with Crippen LogP contribution in [0.1, 0.15) is 0 Å². The predicted molar refractivity (Wildman–Crippen MR) is 66.9 cm³/mol. The molecule has 1 fully saturated rings. The molecule has 0 spiro atoms. The van der Waals surface area contributed by atoms with Gasteiger partial charge in [0, 0.05) is 25.5 Å². The summed E-state index contributed by atoms with van der Waals surface area (Å²) in [6.45, 7) is 1.60. The van der Waals surface area contributed by atoms with E-state index in [9.17, 15) is 8.42 Å². The van der Waals surface area contributed by atoms with Crippen molar-refractivity contribution in [3.05, 3.63) is 22.9 Å². The van der Waals surface area contributed by atoms with Crippen LogP contribution in [0.4, 0.5) is 5.69 Å². The van der Waals surface area contributed by atoms with E-state index >= 15 is 0 Å². The monoisotopic (exact) mass is 321 g/mol. The molecule has 1 N–H and O–H groups in total. The maximum Gasteiger partial charge on any atom is 0.301 e. The van der Waals surface area contributed by atoms with Crippen LogP contribution in [0.5, 0.6) is 0 Å². The molecule has 0 bridgehead atoms. The first-order valence-electron chi connectivity index (χ1n) is 5.05. The van der Waals surface area contributed by atoms with Gasteiger partial charge in [0.05, 0.1) is 23.4 Å².